The number of ether oxygens (including phenoxy) is 1. The minimum Gasteiger partial charge on any atom is -0.480 e. The number of nitrogens with one attached hydrogen (secondary N) is 1. The number of unbranched alkanes of at least 4 members (excludes halogenated alkanes) is 1. The van der Waals surface area contributed by atoms with Gasteiger partial charge in [0.05, 0.1) is 19.7 Å². The molecule has 7 heteroatoms. The molecule has 7 nitrogen and oxygen atoms in total. The molecule has 0 aromatic rings. The molecule has 1 rings (SSSR count). The van der Waals surface area contributed by atoms with Crippen molar-refractivity contribution in [1.29, 1.82) is 0 Å². The smallest absolute Gasteiger partial charge is 0.320 e. The summed E-state index contributed by atoms with van der Waals surface area (Å²) in [5, 5.41) is 12.1. The standard InChI is InChI=1S/C14H27N3O4/c1-2-3-10-21-14(20)12-17-7-5-15-4-6-16(8-9-17)11-13(18)19/h15H,2-12H2,1H3,(H,18,19). The summed E-state index contributed by atoms with van der Waals surface area (Å²) in [5.74, 6) is -1.02. The molecule has 0 aromatic heterocycles. The van der Waals surface area contributed by atoms with Crippen LogP contribution in [0.25, 0.3) is 0 Å². The zero-order valence-electron chi connectivity index (χ0n) is 12.8. The van der Waals surface area contributed by atoms with Gasteiger partial charge in [-0.2, -0.15) is 0 Å². The summed E-state index contributed by atoms with van der Waals surface area (Å²) in [6.45, 7) is 7.21. The summed E-state index contributed by atoms with van der Waals surface area (Å²) >= 11 is 0. The van der Waals surface area contributed by atoms with E-state index in [0.717, 1.165) is 32.5 Å². The van der Waals surface area contributed by atoms with E-state index >= 15 is 0 Å². The first-order valence-electron chi connectivity index (χ1n) is 7.64. The first-order chi connectivity index (χ1) is 10.1. The maximum atomic E-state index is 11.7. The maximum absolute atomic E-state index is 11.7. The van der Waals surface area contributed by atoms with Crippen LogP contribution in [0.3, 0.4) is 0 Å². The van der Waals surface area contributed by atoms with Crippen LogP contribution >= 0.6 is 0 Å². The minimum absolute atomic E-state index is 0.0382. The number of rotatable bonds is 7. The molecule has 1 heterocycles. The molecular weight excluding hydrogens is 274 g/mol. The molecule has 0 bridgehead atoms. The summed E-state index contributed by atoms with van der Waals surface area (Å²) < 4.78 is 5.17. The van der Waals surface area contributed by atoms with Gasteiger partial charge in [-0.1, -0.05) is 13.3 Å². The van der Waals surface area contributed by atoms with E-state index in [1.54, 1.807) is 0 Å². The number of carboxylic acids is 1. The molecule has 1 fully saturated rings. The lowest BCUT2D eigenvalue weighted by atomic mass is 10.3. The summed E-state index contributed by atoms with van der Waals surface area (Å²) in [5.41, 5.74) is 0. The molecule has 1 saturated heterocycles. The Balaban J connectivity index is 2.37. The first kappa shape index (κ1) is 17.9. The number of hydrogen-bond donors (Lipinski definition) is 2. The van der Waals surface area contributed by atoms with E-state index in [1.807, 2.05) is 9.80 Å². The predicted octanol–water partition coefficient (Wildman–Crippen LogP) is -0.378. The van der Waals surface area contributed by atoms with Gasteiger partial charge in [-0.15, -0.1) is 0 Å². The van der Waals surface area contributed by atoms with Crippen LogP contribution in [-0.4, -0.2) is 85.8 Å². The Bertz CT molecular complexity index is 325. The summed E-state index contributed by atoms with van der Waals surface area (Å²) in [6, 6.07) is 0. The molecule has 0 atom stereocenters. The van der Waals surface area contributed by atoms with Gasteiger partial charge >= 0.3 is 11.9 Å². The van der Waals surface area contributed by atoms with E-state index < -0.39 is 5.97 Å². The normalized spacial score (nSPS) is 18.5. The summed E-state index contributed by atoms with van der Waals surface area (Å²) in [7, 11) is 0. The van der Waals surface area contributed by atoms with Gasteiger partial charge < -0.3 is 15.2 Å². The van der Waals surface area contributed by atoms with E-state index in [2.05, 4.69) is 12.2 Å². The van der Waals surface area contributed by atoms with Crippen LogP contribution in [0.2, 0.25) is 0 Å². The van der Waals surface area contributed by atoms with E-state index in [0.29, 0.717) is 26.2 Å². The monoisotopic (exact) mass is 301 g/mol. The van der Waals surface area contributed by atoms with Crippen molar-refractivity contribution in [2.75, 3.05) is 59.0 Å². The molecule has 2 N–H and O–H groups in total. The molecule has 0 aliphatic carbocycles. The Morgan fingerprint density at radius 1 is 1.10 bits per heavy atom. The lowest BCUT2D eigenvalue weighted by Gasteiger charge is -2.23. The Morgan fingerprint density at radius 3 is 2.29 bits per heavy atom. The number of carbonyl (C=O) groups excluding carboxylic acids is 1. The summed E-state index contributed by atoms with van der Waals surface area (Å²) in [4.78, 5) is 26.4. The SMILES string of the molecule is CCCCOC(=O)CN1CCNCCN(CC(=O)O)CC1. The zero-order valence-corrected chi connectivity index (χ0v) is 12.8. The van der Waals surface area contributed by atoms with Crippen molar-refractivity contribution in [3.05, 3.63) is 0 Å². The van der Waals surface area contributed by atoms with E-state index in [4.69, 9.17) is 9.84 Å². The van der Waals surface area contributed by atoms with Crippen molar-refractivity contribution in [3.63, 3.8) is 0 Å². The van der Waals surface area contributed by atoms with E-state index in [1.165, 1.54) is 0 Å². The van der Waals surface area contributed by atoms with Crippen molar-refractivity contribution in [2.24, 2.45) is 0 Å². The quantitative estimate of drug-likeness (QED) is 0.490. The Morgan fingerprint density at radius 2 is 1.71 bits per heavy atom. The second-order valence-corrected chi connectivity index (χ2v) is 5.27. The molecule has 0 amide bonds. The van der Waals surface area contributed by atoms with Crippen LogP contribution in [0.4, 0.5) is 0 Å². The number of aliphatic carboxylic acids is 1. The minimum atomic E-state index is -0.820. The second kappa shape index (κ2) is 10.5. The van der Waals surface area contributed by atoms with Crippen molar-refractivity contribution in [1.82, 2.24) is 15.1 Å². The average Bonchev–Trinajstić information content (AvgIpc) is 2.52. The molecule has 21 heavy (non-hydrogen) atoms. The molecule has 1 aliphatic heterocycles. The second-order valence-electron chi connectivity index (χ2n) is 5.27. The van der Waals surface area contributed by atoms with Gasteiger partial charge in [0.15, 0.2) is 0 Å². The fraction of sp³-hybridized carbons (Fsp3) is 0.857. The number of hydrogen-bond acceptors (Lipinski definition) is 6. The lowest BCUT2D eigenvalue weighted by molar-refractivity contribution is -0.145. The van der Waals surface area contributed by atoms with Crippen molar-refractivity contribution >= 4 is 11.9 Å². The average molecular weight is 301 g/mol. The van der Waals surface area contributed by atoms with Gasteiger partial charge in [0, 0.05) is 39.3 Å². The van der Waals surface area contributed by atoms with Gasteiger partial charge in [-0.3, -0.25) is 19.4 Å². The van der Waals surface area contributed by atoms with Gasteiger partial charge in [-0.25, -0.2) is 0 Å². The lowest BCUT2D eigenvalue weighted by Crippen LogP contribution is -2.40. The number of esters is 1. The third-order valence-corrected chi connectivity index (χ3v) is 3.41. The number of carboxylic acid groups (broad SMARTS) is 1. The first-order valence-corrected chi connectivity index (χ1v) is 7.64. The molecule has 1 aliphatic rings. The molecule has 0 unspecified atom stereocenters. The van der Waals surface area contributed by atoms with E-state index in [9.17, 15) is 9.59 Å². The molecule has 0 saturated carbocycles. The van der Waals surface area contributed by atoms with Crippen LogP contribution in [0.1, 0.15) is 19.8 Å². The molecule has 0 radical (unpaired) electrons. The van der Waals surface area contributed by atoms with Crippen LogP contribution in [0.5, 0.6) is 0 Å². The fourth-order valence-corrected chi connectivity index (χ4v) is 2.17. The summed E-state index contributed by atoms with van der Waals surface area (Å²) in [6.07, 6.45) is 1.89. The maximum Gasteiger partial charge on any atom is 0.320 e. The highest BCUT2D eigenvalue weighted by Crippen LogP contribution is 1.97. The van der Waals surface area contributed by atoms with Crippen LogP contribution in [0.15, 0.2) is 0 Å². The van der Waals surface area contributed by atoms with Crippen molar-refractivity contribution < 1.29 is 19.4 Å². The highest BCUT2D eigenvalue weighted by Gasteiger charge is 2.16. The van der Waals surface area contributed by atoms with Gasteiger partial charge in [0.2, 0.25) is 0 Å². The van der Waals surface area contributed by atoms with Gasteiger partial charge in [-0.05, 0) is 6.42 Å². The number of carbonyl (C=O) groups is 2. The van der Waals surface area contributed by atoms with Crippen LogP contribution in [-0.2, 0) is 14.3 Å². The molecule has 0 aromatic carbocycles. The van der Waals surface area contributed by atoms with Crippen LogP contribution < -0.4 is 5.32 Å². The van der Waals surface area contributed by atoms with Gasteiger partial charge in [0.1, 0.15) is 0 Å². The van der Waals surface area contributed by atoms with Crippen molar-refractivity contribution in [2.45, 2.75) is 19.8 Å². The Labute approximate surface area is 126 Å². The van der Waals surface area contributed by atoms with E-state index in [-0.39, 0.29) is 19.1 Å². The number of nitrogens with zero attached hydrogens (tertiary/aromatic N) is 2. The zero-order chi connectivity index (χ0) is 15.5. The third kappa shape index (κ3) is 8.64. The molecule has 122 valence electrons. The topological polar surface area (TPSA) is 82.1 Å². The highest BCUT2D eigenvalue weighted by atomic mass is 16.5. The molecule has 0 spiro atoms. The highest BCUT2D eigenvalue weighted by molar-refractivity contribution is 5.71. The third-order valence-electron chi connectivity index (χ3n) is 3.41. The van der Waals surface area contributed by atoms with Crippen molar-refractivity contribution in [3.8, 4) is 0 Å². The Kier molecular flexibility index (Phi) is 8.96. The largest absolute Gasteiger partial charge is 0.480 e. The van der Waals surface area contributed by atoms with Crippen LogP contribution in [0, 0.1) is 0 Å². The Hall–Kier alpha value is -1.18. The van der Waals surface area contributed by atoms with Gasteiger partial charge in [0.25, 0.3) is 0 Å². The predicted molar refractivity (Wildman–Crippen MR) is 79.3 cm³/mol. The fourth-order valence-electron chi connectivity index (χ4n) is 2.17. The molecular formula is C14H27N3O4.